The molecule has 0 unspecified atom stereocenters. The quantitative estimate of drug-likeness (QED) is 0.153. The predicted octanol–water partition coefficient (Wildman–Crippen LogP) is 4.55. The van der Waals surface area contributed by atoms with Crippen LogP contribution in [0.2, 0.25) is 0 Å². The highest BCUT2D eigenvalue weighted by molar-refractivity contribution is 7.89. The Morgan fingerprint density at radius 3 is 2.07 bits per heavy atom. The first-order chi connectivity index (χ1) is 19.6. The van der Waals surface area contributed by atoms with Gasteiger partial charge in [0.2, 0.25) is 15.4 Å². The Labute approximate surface area is 245 Å². The van der Waals surface area contributed by atoms with E-state index in [2.05, 4.69) is 0 Å². The molecule has 0 bridgehead atoms. The van der Waals surface area contributed by atoms with Crippen LogP contribution in [-0.2, 0) is 40.2 Å². The molecule has 0 amide bonds. The number of benzene rings is 2. The van der Waals surface area contributed by atoms with Gasteiger partial charge in [-0.25, -0.2) is 17.8 Å². The molecule has 42 heavy (non-hydrogen) atoms. The number of carbonyl (C=O) groups excluding carboxylic acids is 3. The third kappa shape index (κ3) is 5.98. The third-order valence-electron chi connectivity index (χ3n) is 7.06. The Hall–Kier alpha value is -3.96. The van der Waals surface area contributed by atoms with Gasteiger partial charge >= 0.3 is 18.0 Å². The maximum atomic E-state index is 13.9. The summed E-state index contributed by atoms with van der Waals surface area (Å²) in [5.41, 5.74) is 0.803. The minimum Gasteiger partial charge on any atom is -0.468 e. The fourth-order valence-corrected chi connectivity index (χ4v) is 6.27. The first-order valence-electron chi connectivity index (χ1n) is 13.4. The number of aryl methyl sites for hydroxylation is 2. The standard InChI is InChI=1S/C31H36N2O8S/c1-20-8-11-25(12-9-20)42(37,38)32(19-23-18-31(23,27(34)39-6)28(35)40-7)15-14-24-17-22-16-21(2)10-13-26(22)33(24)29(36)41-30(3,4)5/h8-13,16-18H,14-15,19H2,1-7H3. The van der Waals surface area contributed by atoms with Crippen LogP contribution in [0.1, 0.15) is 37.6 Å². The van der Waals surface area contributed by atoms with E-state index in [-0.39, 0.29) is 30.0 Å². The van der Waals surface area contributed by atoms with Crippen LogP contribution >= 0.6 is 0 Å². The van der Waals surface area contributed by atoms with Gasteiger partial charge in [0.15, 0.2) is 0 Å². The highest BCUT2D eigenvalue weighted by Crippen LogP contribution is 2.47. The van der Waals surface area contributed by atoms with Crippen LogP contribution in [0.25, 0.3) is 10.9 Å². The number of aromatic nitrogens is 1. The lowest BCUT2D eigenvalue weighted by Gasteiger charge is -2.24. The Morgan fingerprint density at radius 2 is 1.50 bits per heavy atom. The summed E-state index contributed by atoms with van der Waals surface area (Å²) in [6, 6.07) is 13.9. The lowest BCUT2D eigenvalue weighted by Crippen LogP contribution is -2.38. The summed E-state index contributed by atoms with van der Waals surface area (Å²) >= 11 is 0. The molecule has 1 heterocycles. The average Bonchev–Trinajstić information content (AvgIpc) is 3.53. The molecule has 0 N–H and O–H groups in total. The van der Waals surface area contributed by atoms with E-state index in [9.17, 15) is 22.8 Å². The van der Waals surface area contributed by atoms with Crippen molar-refractivity contribution in [3.05, 3.63) is 77.0 Å². The highest BCUT2D eigenvalue weighted by atomic mass is 32.2. The summed E-state index contributed by atoms with van der Waals surface area (Å²) in [5, 5.41) is 0.809. The van der Waals surface area contributed by atoms with Crippen molar-refractivity contribution in [2.24, 2.45) is 5.41 Å². The normalized spacial score (nSPS) is 14.4. The Balaban J connectivity index is 1.73. The van der Waals surface area contributed by atoms with Crippen LogP contribution in [0.4, 0.5) is 4.79 Å². The van der Waals surface area contributed by atoms with E-state index in [0.717, 1.165) is 30.7 Å². The number of methoxy groups -OCH3 is 2. The number of carbonyl (C=O) groups is 3. The van der Waals surface area contributed by atoms with Gasteiger partial charge in [0.05, 0.1) is 24.6 Å². The molecule has 4 rings (SSSR count). The fourth-order valence-electron chi connectivity index (χ4n) is 4.85. The topological polar surface area (TPSA) is 121 Å². The van der Waals surface area contributed by atoms with E-state index in [0.29, 0.717) is 11.2 Å². The Morgan fingerprint density at radius 1 is 0.905 bits per heavy atom. The summed E-state index contributed by atoms with van der Waals surface area (Å²) in [5.74, 6) is -1.70. The van der Waals surface area contributed by atoms with Crippen molar-refractivity contribution >= 4 is 39.0 Å². The first kappa shape index (κ1) is 31.0. The molecular weight excluding hydrogens is 560 g/mol. The predicted molar refractivity (Wildman–Crippen MR) is 156 cm³/mol. The van der Waals surface area contributed by atoms with Crippen molar-refractivity contribution in [2.45, 2.75) is 51.5 Å². The summed E-state index contributed by atoms with van der Waals surface area (Å²) < 4.78 is 45.8. The molecule has 0 saturated heterocycles. The summed E-state index contributed by atoms with van der Waals surface area (Å²) in [4.78, 5) is 38.6. The van der Waals surface area contributed by atoms with Gasteiger partial charge in [-0.05, 0) is 76.6 Å². The van der Waals surface area contributed by atoms with E-state index in [1.807, 2.05) is 38.1 Å². The van der Waals surface area contributed by atoms with Gasteiger partial charge in [-0.1, -0.05) is 29.3 Å². The van der Waals surface area contributed by atoms with Crippen LogP contribution in [0.5, 0.6) is 0 Å². The van der Waals surface area contributed by atoms with Crippen LogP contribution in [0.15, 0.2) is 65.1 Å². The smallest absolute Gasteiger partial charge is 0.419 e. The van der Waals surface area contributed by atoms with E-state index in [4.69, 9.17) is 14.2 Å². The third-order valence-corrected chi connectivity index (χ3v) is 8.92. The van der Waals surface area contributed by atoms with E-state index >= 15 is 0 Å². The molecular formula is C31H36N2O8S. The van der Waals surface area contributed by atoms with Crippen LogP contribution in [-0.4, -0.2) is 68.2 Å². The fraction of sp³-hybridized carbons (Fsp3) is 0.387. The second-order valence-corrected chi connectivity index (χ2v) is 13.3. The summed E-state index contributed by atoms with van der Waals surface area (Å²) in [6.07, 6.45) is 0.919. The second-order valence-electron chi connectivity index (χ2n) is 11.4. The number of rotatable bonds is 9. The molecule has 0 aliphatic heterocycles. The summed E-state index contributed by atoms with van der Waals surface area (Å²) in [7, 11) is -1.80. The molecule has 0 spiro atoms. The van der Waals surface area contributed by atoms with Crippen molar-refractivity contribution in [3.63, 3.8) is 0 Å². The van der Waals surface area contributed by atoms with Gasteiger partial charge in [0.1, 0.15) is 5.60 Å². The number of esters is 2. The van der Waals surface area contributed by atoms with Crippen molar-refractivity contribution < 1.29 is 37.0 Å². The van der Waals surface area contributed by atoms with Gasteiger partial charge in [-0.2, -0.15) is 4.31 Å². The molecule has 2 aromatic carbocycles. The molecule has 0 radical (unpaired) electrons. The minimum atomic E-state index is -4.09. The number of hydrogen-bond acceptors (Lipinski definition) is 8. The van der Waals surface area contributed by atoms with E-state index < -0.39 is 39.1 Å². The van der Waals surface area contributed by atoms with Crippen molar-refractivity contribution in [1.82, 2.24) is 8.87 Å². The maximum absolute atomic E-state index is 13.9. The zero-order valence-electron chi connectivity index (χ0n) is 24.9. The Bertz CT molecular complexity index is 1660. The van der Waals surface area contributed by atoms with Crippen molar-refractivity contribution in [1.29, 1.82) is 0 Å². The first-order valence-corrected chi connectivity index (χ1v) is 14.9. The number of nitrogens with zero attached hydrogens (tertiary/aromatic N) is 2. The molecule has 1 aromatic heterocycles. The molecule has 1 aliphatic rings. The molecule has 0 atom stereocenters. The largest absolute Gasteiger partial charge is 0.468 e. The average molecular weight is 597 g/mol. The van der Waals surface area contributed by atoms with Crippen molar-refractivity contribution in [3.8, 4) is 0 Å². The van der Waals surface area contributed by atoms with Gasteiger partial charge < -0.3 is 14.2 Å². The Kier molecular flexibility index (Phi) is 8.39. The van der Waals surface area contributed by atoms with Crippen LogP contribution < -0.4 is 0 Å². The van der Waals surface area contributed by atoms with Crippen LogP contribution in [0, 0.1) is 19.3 Å². The molecule has 1 aliphatic carbocycles. The van der Waals surface area contributed by atoms with Gasteiger partial charge in [0, 0.05) is 30.6 Å². The zero-order chi connectivity index (χ0) is 31.0. The minimum absolute atomic E-state index is 0.0550. The van der Waals surface area contributed by atoms with Gasteiger partial charge in [-0.3, -0.25) is 9.59 Å². The molecule has 224 valence electrons. The number of sulfonamides is 1. The molecule has 3 aromatic rings. The molecule has 0 fully saturated rings. The number of fused-ring (bicyclic) bond motifs is 1. The molecule has 0 saturated carbocycles. The highest BCUT2D eigenvalue weighted by Gasteiger charge is 2.60. The zero-order valence-corrected chi connectivity index (χ0v) is 25.7. The van der Waals surface area contributed by atoms with Crippen molar-refractivity contribution in [2.75, 3.05) is 27.3 Å². The second kappa shape index (κ2) is 11.4. The molecule has 11 heteroatoms. The van der Waals surface area contributed by atoms with Crippen LogP contribution in [0.3, 0.4) is 0 Å². The monoisotopic (exact) mass is 596 g/mol. The summed E-state index contributed by atoms with van der Waals surface area (Å²) in [6.45, 7) is 8.79. The van der Waals surface area contributed by atoms with E-state index in [1.165, 1.54) is 27.1 Å². The lowest BCUT2D eigenvalue weighted by atomic mass is 10.0. The van der Waals surface area contributed by atoms with Gasteiger partial charge in [-0.15, -0.1) is 0 Å². The number of hydrogen-bond donors (Lipinski definition) is 0. The molecule has 10 nitrogen and oxygen atoms in total. The SMILES string of the molecule is COC(=O)C1(C(=O)OC)C=C1CN(CCc1cc2cc(C)ccc2n1C(=O)OC(C)(C)C)S(=O)(=O)c1ccc(C)cc1. The van der Waals surface area contributed by atoms with Gasteiger partial charge in [0.25, 0.3) is 0 Å². The maximum Gasteiger partial charge on any atom is 0.419 e. The number of ether oxygens (including phenoxy) is 3. The van der Waals surface area contributed by atoms with E-state index in [1.54, 1.807) is 32.9 Å². The lowest BCUT2D eigenvalue weighted by molar-refractivity contribution is -0.159.